The summed E-state index contributed by atoms with van der Waals surface area (Å²) in [5, 5.41) is 0. The van der Waals surface area contributed by atoms with Crippen LogP contribution in [0.1, 0.15) is 32.1 Å². The second-order valence-electron chi connectivity index (χ2n) is 4.29. The van der Waals surface area contributed by atoms with Crippen LogP contribution >= 0.6 is 0 Å². The third-order valence-electron chi connectivity index (χ3n) is 3.10. The average molecular weight is 222 g/mol. The molecule has 0 aromatic rings. The molecule has 3 heteroatoms. The van der Waals surface area contributed by atoms with Gasteiger partial charge < -0.3 is 9.47 Å². The maximum atomic E-state index is 11.4. The molecule has 2 rings (SSSR count). The summed E-state index contributed by atoms with van der Waals surface area (Å²) in [5.74, 6) is 0.250. The van der Waals surface area contributed by atoms with Crippen LogP contribution in [0.15, 0.2) is 23.3 Å². The van der Waals surface area contributed by atoms with Crippen molar-refractivity contribution in [3.05, 3.63) is 23.3 Å². The van der Waals surface area contributed by atoms with Crippen LogP contribution in [0.4, 0.5) is 0 Å². The normalized spacial score (nSPS) is 25.6. The van der Waals surface area contributed by atoms with Gasteiger partial charge in [-0.2, -0.15) is 0 Å². The molecule has 0 heterocycles. The Kier molecular flexibility index (Phi) is 3.91. The topological polar surface area (TPSA) is 35.5 Å². The number of ketones is 1. The maximum Gasteiger partial charge on any atom is 0.155 e. The first-order valence-corrected chi connectivity index (χ1v) is 5.85. The Morgan fingerprint density at radius 2 is 2.31 bits per heavy atom. The molecule has 2 aliphatic rings. The van der Waals surface area contributed by atoms with Crippen molar-refractivity contribution in [2.24, 2.45) is 0 Å². The predicted octanol–water partition coefficient (Wildman–Crippen LogP) is 2.38. The van der Waals surface area contributed by atoms with Gasteiger partial charge in [-0.1, -0.05) is 6.08 Å². The summed E-state index contributed by atoms with van der Waals surface area (Å²) >= 11 is 0. The van der Waals surface area contributed by atoms with E-state index in [1.807, 2.05) is 0 Å². The molecular weight excluding hydrogens is 204 g/mol. The lowest BCUT2D eigenvalue weighted by Gasteiger charge is -2.20. The highest BCUT2D eigenvalue weighted by molar-refractivity contribution is 5.92. The van der Waals surface area contributed by atoms with E-state index in [4.69, 9.17) is 9.47 Å². The predicted molar refractivity (Wildman–Crippen MR) is 61.0 cm³/mol. The quantitative estimate of drug-likeness (QED) is 0.685. The molecule has 0 bridgehead atoms. The van der Waals surface area contributed by atoms with Gasteiger partial charge in [-0.05, 0) is 42.9 Å². The van der Waals surface area contributed by atoms with E-state index < -0.39 is 0 Å². The van der Waals surface area contributed by atoms with E-state index in [1.165, 1.54) is 11.1 Å². The van der Waals surface area contributed by atoms with Gasteiger partial charge in [-0.25, -0.2) is 0 Å². The van der Waals surface area contributed by atoms with Crippen molar-refractivity contribution in [2.45, 2.75) is 38.2 Å². The number of hydrogen-bond acceptors (Lipinski definition) is 3. The minimum atomic E-state index is 0.122. The zero-order chi connectivity index (χ0) is 11.4. The van der Waals surface area contributed by atoms with Crippen molar-refractivity contribution in [3.8, 4) is 0 Å². The van der Waals surface area contributed by atoms with Crippen molar-refractivity contribution in [1.82, 2.24) is 0 Å². The number of hydrogen-bond donors (Lipinski definition) is 0. The fourth-order valence-corrected chi connectivity index (χ4v) is 2.36. The molecule has 0 amide bonds. The minimum Gasteiger partial charge on any atom is -0.359 e. The van der Waals surface area contributed by atoms with E-state index in [1.54, 1.807) is 13.2 Å². The monoisotopic (exact) mass is 222 g/mol. The van der Waals surface area contributed by atoms with Crippen molar-refractivity contribution in [1.29, 1.82) is 0 Å². The Balaban J connectivity index is 2.04. The Bertz CT molecular complexity index is 328. The first kappa shape index (κ1) is 11.6. The number of rotatable bonds is 4. The molecule has 0 radical (unpaired) electrons. The van der Waals surface area contributed by atoms with Crippen LogP contribution in [0.2, 0.25) is 0 Å². The van der Waals surface area contributed by atoms with Gasteiger partial charge in [0.25, 0.3) is 0 Å². The Labute approximate surface area is 96.1 Å². The molecule has 16 heavy (non-hydrogen) atoms. The highest BCUT2D eigenvalue weighted by Gasteiger charge is 2.24. The van der Waals surface area contributed by atoms with Gasteiger partial charge in [0.05, 0.1) is 6.10 Å². The van der Waals surface area contributed by atoms with Crippen LogP contribution in [-0.4, -0.2) is 25.8 Å². The highest BCUT2D eigenvalue weighted by Crippen LogP contribution is 2.32. The molecule has 1 atom stereocenters. The fourth-order valence-electron chi connectivity index (χ4n) is 2.36. The zero-order valence-electron chi connectivity index (χ0n) is 9.70. The van der Waals surface area contributed by atoms with Crippen LogP contribution in [-0.2, 0) is 14.3 Å². The second kappa shape index (κ2) is 5.41. The highest BCUT2D eigenvalue weighted by atomic mass is 16.7. The van der Waals surface area contributed by atoms with Gasteiger partial charge in [-0.3, -0.25) is 4.79 Å². The molecule has 0 spiro atoms. The summed E-state index contributed by atoms with van der Waals surface area (Å²) in [4.78, 5) is 11.4. The van der Waals surface area contributed by atoms with Gasteiger partial charge >= 0.3 is 0 Å². The average Bonchev–Trinajstić information content (AvgIpc) is 2.74. The zero-order valence-corrected chi connectivity index (χ0v) is 9.70. The molecule has 0 saturated carbocycles. The van der Waals surface area contributed by atoms with Crippen LogP contribution in [0.25, 0.3) is 0 Å². The summed E-state index contributed by atoms with van der Waals surface area (Å²) in [5.41, 5.74) is 2.39. The van der Waals surface area contributed by atoms with Gasteiger partial charge in [0.15, 0.2) is 5.78 Å². The van der Waals surface area contributed by atoms with Crippen molar-refractivity contribution in [3.63, 3.8) is 0 Å². The first-order chi connectivity index (χ1) is 7.81. The number of carbonyl (C=O) groups excluding carboxylic acids is 1. The molecule has 1 unspecified atom stereocenters. The van der Waals surface area contributed by atoms with Crippen LogP contribution in [0.5, 0.6) is 0 Å². The number of allylic oxidation sites excluding steroid dienone is 2. The lowest BCUT2D eigenvalue weighted by Crippen LogP contribution is -2.17. The molecule has 0 aliphatic heterocycles. The smallest absolute Gasteiger partial charge is 0.155 e. The summed E-state index contributed by atoms with van der Waals surface area (Å²) < 4.78 is 10.5. The van der Waals surface area contributed by atoms with Crippen LogP contribution in [0.3, 0.4) is 0 Å². The molecule has 0 fully saturated rings. The standard InChI is InChI=1S/C13H18O3/c1-15-9-16-13-7-3-6-12(13)10-4-2-5-11(14)8-10/h6,8,13H,2-5,7,9H2,1H3. The number of carbonyl (C=O) groups is 1. The van der Waals surface area contributed by atoms with E-state index in [9.17, 15) is 4.79 Å². The van der Waals surface area contributed by atoms with E-state index in [0.29, 0.717) is 13.2 Å². The first-order valence-electron chi connectivity index (χ1n) is 5.85. The van der Waals surface area contributed by atoms with Gasteiger partial charge in [0.1, 0.15) is 6.79 Å². The molecule has 88 valence electrons. The molecule has 2 aliphatic carbocycles. The van der Waals surface area contributed by atoms with Crippen LogP contribution in [0, 0.1) is 0 Å². The molecule has 0 aromatic carbocycles. The third kappa shape index (κ3) is 2.60. The SMILES string of the molecule is COCOC1CCC=C1C1=CC(=O)CCC1. The Morgan fingerprint density at radius 1 is 1.44 bits per heavy atom. The second-order valence-corrected chi connectivity index (χ2v) is 4.29. The lowest BCUT2D eigenvalue weighted by molar-refractivity contribution is -0.115. The van der Waals surface area contributed by atoms with Gasteiger partial charge in [0.2, 0.25) is 0 Å². The Hall–Kier alpha value is -0.930. The van der Waals surface area contributed by atoms with Gasteiger partial charge in [-0.15, -0.1) is 0 Å². The summed E-state index contributed by atoms with van der Waals surface area (Å²) in [6.45, 7) is 0.323. The molecule has 3 nitrogen and oxygen atoms in total. The fraction of sp³-hybridized carbons (Fsp3) is 0.615. The summed E-state index contributed by atoms with van der Waals surface area (Å²) in [6, 6.07) is 0. The molecule has 0 N–H and O–H groups in total. The van der Waals surface area contributed by atoms with E-state index in [-0.39, 0.29) is 11.9 Å². The van der Waals surface area contributed by atoms with E-state index >= 15 is 0 Å². The number of ether oxygens (including phenoxy) is 2. The Morgan fingerprint density at radius 3 is 3.06 bits per heavy atom. The van der Waals surface area contributed by atoms with E-state index in [2.05, 4.69) is 6.08 Å². The van der Waals surface area contributed by atoms with E-state index in [0.717, 1.165) is 25.7 Å². The van der Waals surface area contributed by atoms with Crippen LogP contribution < -0.4 is 0 Å². The molecule has 0 saturated heterocycles. The van der Waals surface area contributed by atoms with Gasteiger partial charge in [0, 0.05) is 13.5 Å². The van der Waals surface area contributed by atoms with Crippen molar-refractivity contribution < 1.29 is 14.3 Å². The summed E-state index contributed by atoms with van der Waals surface area (Å²) in [6.07, 6.45) is 8.83. The number of methoxy groups -OCH3 is 1. The lowest BCUT2D eigenvalue weighted by atomic mass is 9.91. The van der Waals surface area contributed by atoms with Crippen molar-refractivity contribution in [2.75, 3.05) is 13.9 Å². The third-order valence-corrected chi connectivity index (χ3v) is 3.10. The maximum absolute atomic E-state index is 11.4. The van der Waals surface area contributed by atoms with Crippen molar-refractivity contribution >= 4 is 5.78 Å². The largest absolute Gasteiger partial charge is 0.359 e. The molecule has 0 aromatic heterocycles. The molecular formula is C13H18O3. The minimum absolute atomic E-state index is 0.122. The summed E-state index contributed by atoms with van der Waals surface area (Å²) in [7, 11) is 1.63.